The summed E-state index contributed by atoms with van der Waals surface area (Å²) in [5.74, 6) is -1.43. The van der Waals surface area contributed by atoms with E-state index in [4.69, 9.17) is 14.6 Å². The number of hydrogen-bond donors (Lipinski definition) is 4. The SMILES string of the molecule is O=C(NCC1COCCO1)Nc1ccc(O)cc1C(=O)O. The average Bonchev–Trinajstić information content (AvgIpc) is 2.48. The summed E-state index contributed by atoms with van der Waals surface area (Å²) in [6, 6.07) is 3.12. The number of hydrogen-bond acceptors (Lipinski definition) is 5. The largest absolute Gasteiger partial charge is 0.508 e. The zero-order valence-corrected chi connectivity index (χ0v) is 11.2. The molecule has 1 saturated heterocycles. The first-order chi connectivity index (χ1) is 10.1. The zero-order chi connectivity index (χ0) is 15.2. The van der Waals surface area contributed by atoms with E-state index in [1.165, 1.54) is 12.1 Å². The summed E-state index contributed by atoms with van der Waals surface area (Å²) in [5, 5.41) is 23.3. The van der Waals surface area contributed by atoms with Crippen LogP contribution >= 0.6 is 0 Å². The minimum absolute atomic E-state index is 0.0959. The number of aromatic hydroxyl groups is 1. The van der Waals surface area contributed by atoms with Crippen LogP contribution in [0.4, 0.5) is 10.5 Å². The molecule has 0 saturated carbocycles. The molecule has 1 aromatic rings. The Balaban J connectivity index is 1.91. The second kappa shape index (κ2) is 6.91. The smallest absolute Gasteiger partial charge is 0.337 e. The van der Waals surface area contributed by atoms with Crippen LogP contribution in [0.15, 0.2) is 18.2 Å². The van der Waals surface area contributed by atoms with E-state index in [0.717, 1.165) is 6.07 Å². The molecule has 21 heavy (non-hydrogen) atoms. The van der Waals surface area contributed by atoms with Gasteiger partial charge in [-0.3, -0.25) is 0 Å². The molecule has 0 aromatic heterocycles. The molecular weight excluding hydrogens is 280 g/mol. The Bertz CT molecular complexity index is 527. The molecule has 0 bridgehead atoms. The number of carboxylic acid groups (broad SMARTS) is 1. The van der Waals surface area contributed by atoms with Crippen LogP contribution < -0.4 is 10.6 Å². The molecule has 1 heterocycles. The minimum Gasteiger partial charge on any atom is -0.508 e. The van der Waals surface area contributed by atoms with Gasteiger partial charge in [-0.05, 0) is 18.2 Å². The Morgan fingerprint density at radius 1 is 1.33 bits per heavy atom. The summed E-state index contributed by atoms with van der Waals surface area (Å²) in [5.41, 5.74) is -0.0963. The topological polar surface area (TPSA) is 117 Å². The monoisotopic (exact) mass is 296 g/mol. The molecule has 1 unspecified atom stereocenters. The number of carbonyl (C=O) groups is 2. The molecular formula is C13H16N2O6. The summed E-state index contributed by atoms with van der Waals surface area (Å²) >= 11 is 0. The fourth-order valence-corrected chi connectivity index (χ4v) is 1.85. The maximum atomic E-state index is 11.7. The van der Waals surface area contributed by atoms with E-state index in [9.17, 15) is 14.7 Å². The number of urea groups is 1. The lowest BCUT2D eigenvalue weighted by Crippen LogP contribution is -2.41. The first-order valence-corrected chi connectivity index (χ1v) is 6.37. The second-order valence-corrected chi connectivity index (χ2v) is 4.44. The maximum Gasteiger partial charge on any atom is 0.337 e. The molecule has 1 fully saturated rings. The van der Waals surface area contributed by atoms with Crippen molar-refractivity contribution in [2.24, 2.45) is 0 Å². The quantitative estimate of drug-likeness (QED) is 0.605. The number of rotatable bonds is 4. The first-order valence-electron chi connectivity index (χ1n) is 6.37. The van der Waals surface area contributed by atoms with Gasteiger partial charge in [0.05, 0.1) is 37.2 Å². The zero-order valence-electron chi connectivity index (χ0n) is 11.2. The van der Waals surface area contributed by atoms with Crippen LogP contribution in [-0.4, -0.2) is 54.7 Å². The van der Waals surface area contributed by atoms with Gasteiger partial charge < -0.3 is 30.3 Å². The van der Waals surface area contributed by atoms with Gasteiger partial charge in [-0.2, -0.15) is 0 Å². The normalized spacial score (nSPS) is 18.0. The van der Waals surface area contributed by atoms with Crippen LogP contribution in [0, 0.1) is 0 Å². The number of carboxylic acids is 1. The van der Waals surface area contributed by atoms with Crippen molar-refractivity contribution in [1.82, 2.24) is 5.32 Å². The first kappa shape index (κ1) is 15.1. The lowest BCUT2D eigenvalue weighted by Gasteiger charge is -2.23. The number of aromatic carboxylic acids is 1. The third-order valence-electron chi connectivity index (χ3n) is 2.86. The number of phenols is 1. The summed E-state index contributed by atoms with van der Waals surface area (Å²) in [6.07, 6.45) is -0.219. The van der Waals surface area contributed by atoms with E-state index in [0.29, 0.717) is 19.8 Å². The summed E-state index contributed by atoms with van der Waals surface area (Å²) in [6.45, 7) is 1.68. The van der Waals surface area contributed by atoms with Crippen molar-refractivity contribution >= 4 is 17.7 Å². The van der Waals surface area contributed by atoms with Gasteiger partial charge in [-0.15, -0.1) is 0 Å². The highest BCUT2D eigenvalue weighted by molar-refractivity contribution is 6.00. The van der Waals surface area contributed by atoms with Crippen LogP contribution in [0.5, 0.6) is 5.75 Å². The van der Waals surface area contributed by atoms with Crippen LogP contribution in [0.2, 0.25) is 0 Å². The summed E-state index contributed by atoms with van der Waals surface area (Å²) in [4.78, 5) is 22.8. The molecule has 4 N–H and O–H groups in total. The molecule has 1 aliphatic rings. The predicted molar refractivity (Wildman–Crippen MR) is 72.6 cm³/mol. The Morgan fingerprint density at radius 2 is 2.14 bits per heavy atom. The Hall–Kier alpha value is -2.32. The van der Waals surface area contributed by atoms with Crippen molar-refractivity contribution in [2.45, 2.75) is 6.10 Å². The number of anilines is 1. The Morgan fingerprint density at radius 3 is 2.81 bits per heavy atom. The van der Waals surface area contributed by atoms with Crippen molar-refractivity contribution in [1.29, 1.82) is 0 Å². The van der Waals surface area contributed by atoms with E-state index in [2.05, 4.69) is 10.6 Å². The van der Waals surface area contributed by atoms with Gasteiger partial charge in [-0.1, -0.05) is 0 Å². The molecule has 114 valence electrons. The third-order valence-corrected chi connectivity index (χ3v) is 2.86. The van der Waals surface area contributed by atoms with Crippen LogP contribution in [0.1, 0.15) is 10.4 Å². The number of carbonyl (C=O) groups excluding carboxylic acids is 1. The Kier molecular flexibility index (Phi) is 4.96. The molecule has 2 amide bonds. The third kappa shape index (κ3) is 4.33. The number of ether oxygens (including phenoxy) is 2. The lowest BCUT2D eigenvalue weighted by atomic mass is 10.1. The van der Waals surface area contributed by atoms with Crippen molar-refractivity contribution in [2.75, 3.05) is 31.7 Å². The van der Waals surface area contributed by atoms with Gasteiger partial charge in [0.25, 0.3) is 0 Å². The number of phenolic OH excluding ortho intramolecular Hbond substituents is 1. The van der Waals surface area contributed by atoms with Gasteiger partial charge in [-0.25, -0.2) is 9.59 Å². The number of amides is 2. The predicted octanol–water partition coefficient (Wildman–Crippen LogP) is 0.627. The standard InChI is InChI=1S/C13H16N2O6/c16-8-1-2-11(10(5-8)12(17)18)15-13(19)14-6-9-7-20-3-4-21-9/h1-2,5,9,16H,3-4,6-7H2,(H,17,18)(H2,14,15,19). The lowest BCUT2D eigenvalue weighted by molar-refractivity contribution is -0.0852. The van der Waals surface area contributed by atoms with E-state index in [1.807, 2.05) is 0 Å². The summed E-state index contributed by atoms with van der Waals surface area (Å²) in [7, 11) is 0. The van der Waals surface area contributed by atoms with Crippen molar-refractivity contribution in [3.63, 3.8) is 0 Å². The van der Waals surface area contributed by atoms with Crippen molar-refractivity contribution in [3.05, 3.63) is 23.8 Å². The molecule has 1 aliphatic heterocycles. The molecule has 2 rings (SSSR count). The van der Waals surface area contributed by atoms with Gasteiger partial charge in [0.2, 0.25) is 0 Å². The van der Waals surface area contributed by atoms with Gasteiger partial charge in [0.1, 0.15) is 5.75 Å². The van der Waals surface area contributed by atoms with Crippen LogP contribution in [-0.2, 0) is 9.47 Å². The van der Waals surface area contributed by atoms with Crippen molar-refractivity contribution in [3.8, 4) is 5.75 Å². The highest BCUT2D eigenvalue weighted by Crippen LogP contribution is 2.21. The molecule has 0 spiro atoms. The Labute approximate surface area is 120 Å². The summed E-state index contributed by atoms with van der Waals surface area (Å²) < 4.78 is 10.6. The minimum atomic E-state index is -1.25. The second-order valence-electron chi connectivity index (χ2n) is 4.44. The van der Waals surface area contributed by atoms with Gasteiger partial charge >= 0.3 is 12.0 Å². The van der Waals surface area contributed by atoms with Crippen LogP contribution in [0.3, 0.4) is 0 Å². The van der Waals surface area contributed by atoms with Gasteiger partial charge in [0, 0.05) is 6.54 Å². The fraction of sp³-hybridized carbons (Fsp3) is 0.385. The maximum absolute atomic E-state index is 11.7. The molecule has 1 aromatic carbocycles. The highest BCUT2D eigenvalue weighted by Gasteiger charge is 2.17. The average molecular weight is 296 g/mol. The van der Waals surface area contributed by atoms with E-state index < -0.39 is 12.0 Å². The van der Waals surface area contributed by atoms with E-state index in [-0.39, 0.29) is 29.6 Å². The number of nitrogens with one attached hydrogen (secondary N) is 2. The highest BCUT2D eigenvalue weighted by atomic mass is 16.6. The molecule has 1 atom stereocenters. The molecule has 8 nitrogen and oxygen atoms in total. The van der Waals surface area contributed by atoms with E-state index >= 15 is 0 Å². The van der Waals surface area contributed by atoms with Crippen LogP contribution in [0.25, 0.3) is 0 Å². The fourth-order valence-electron chi connectivity index (χ4n) is 1.85. The van der Waals surface area contributed by atoms with Crippen molar-refractivity contribution < 1.29 is 29.3 Å². The van der Waals surface area contributed by atoms with Gasteiger partial charge in [0.15, 0.2) is 0 Å². The van der Waals surface area contributed by atoms with E-state index in [1.54, 1.807) is 0 Å². The molecule has 0 aliphatic carbocycles. The molecule has 8 heteroatoms. The number of benzene rings is 1. The molecule has 0 radical (unpaired) electrons.